The van der Waals surface area contributed by atoms with Crippen molar-refractivity contribution < 1.29 is 20.4 Å². The van der Waals surface area contributed by atoms with Crippen molar-refractivity contribution in [3.8, 4) is 5.75 Å². The standard InChI is InChI=1S/C18H20ClNO4/c19-14-6-3-11(16-18(24)17(23)15(22)9-20-16)8-12(14)7-10-1-4-13(21)5-2-10/h1-6,8,15-18,20-24H,7,9H2/t15-,16-,17+,18+/m0/s1. The lowest BCUT2D eigenvalue weighted by atomic mass is 9.89. The summed E-state index contributed by atoms with van der Waals surface area (Å²) in [6.07, 6.45) is -2.69. The van der Waals surface area contributed by atoms with E-state index in [4.69, 9.17) is 11.6 Å². The van der Waals surface area contributed by atoms with Gasteiger partial charge in [0.15, 0.2) is 0 Å². The maximum absolute atomic E-state index is 10.2. The molecule has 4 atom stereocenters. The third-order valence-electron chi connectivity index (χ3n) is 4.39. The molecular formula is C18H20ClNO4. The molecule has 0 aromatic heterocycles. The van der Waals surface area contributed by atoms with E-state index in [9.17, 15) is 20.4 Å². The second-order valence-electron chi connectivity index (χ2n) is 6.13. The molecule has 0 bridgehead atoms. The van der Waals surface area contributed by atoms with Crippen LogP contribution in [0.1, 0.15) is 22.7 Å². The molecule has 6 heteroatoms. The number of hydrogen-bond acceptors (Lipinski definition) is 5. The molecule has 1 fully saturated rings. The SMILES string of the molecule is Oc1ccc(Cc2cc([C@@H]3NC[C@H](O)[C@@H](O)[C@@H]3O)ccc2Cl)cc1. The predicted octanol–water partition coefficient (Wildman–Crippen LogP) is 1.36. The summed E-state index contributed by atoms with van der Waals surface area (Å²) in [6, 6.07) is 11.9. The number of halogens is 1. The molecule has 128 valence electrons. The van der Waals surface area contributed by atoms with Crippen molar-refractivity contribution in [2.45, 2.75) is 30.8 Å². The third kappa shape index (κ3) is 3.55. The second-order valence-corrected chi connectivity index (χ2v) is 6.54. The summed E-state index contributed by atoms with van der Waals surface area (Å²) in [5.74, 6) is 0.209. The van der Waals surface area contributed by atoms with Crippen molar-refractivity contribution in [1.29, 1.82) is 0 Å². The van der Waals surface area contributed by atoms with Crippen molar-refractivity contribution in [1.82, 2.24) is 5.32 Å². The Labute approximate surface area is 145 Å². The van der Waals surface area contributed by atoms with Gasteiger partial charge in [-0.3, -0.25) is 0 Å². The first-order valence-electron chi connectivity index (χ1n) is 7.79. The minimum atomic E-state index is -1.19. The van der Waals surface area contributed by atoms with E-state index in [2.05, 4.69) is 5.32 Å². The van der Waals surface area contributed by atoms with E-state index in [1.165, 1.54) is 0 Å². The lowest BCUT2D eigenvalue weighted by molar-refractivity contribution is -0.0949. The Morgan fingerprint density at radius 2 is 1.71 bits per heavy atom. The predicted molar refractivity (Wildman–Crippen MR) is 91.1 cm³/mol. The second kappa shape index (κ2) is 7.09. The number of nitrogens with one attached hydrogen (secondary N) is 1. The lowest BCUT2D eigenvalue weighted by Gasteiger charge is -2.36. The fraction of sp³-hybridized carbons (Fsp3) is 0.333. The molecule has 0 unspecified atom stereocenters. The first kappa shape index (κ1) is 17.2. The molecule has 1 saturated heterocycles. The minimum Gasteiger partial charge on any atom is -0.508 e. The largest absolute Gasteiger partial charge is 0.508 e. The summed E-state index contributed by atoms with van der Waals surface area (Å²) in [4.78, 5) is 0. The monoisotopic (exact) mass is 349 g/mol. The lowest BCUT2D eigenvalue weighted by Crippen LogP contribution is -2.55. The summed E-state index contributed by atoms with van der Waals surface area (Å²) >= 11 is 6.28. The van der Waals surface area contributed by atoms with Gasteiger partial charge in [-0.15, -0.1) is 0 Å². The van der Waals surface area contributed by atoms with E-state index < -0.39 is 24.4 Å². The number of aliphatic hydroxyl groups excluding tert-OH is 3. The Morgan fingerprint density at radius 3 is 2.42 bits per heavy atom. The molecule has 0 spiro atoms. The van der Waals surface area contributed by atoms with Gasteiger partial charge in [-0.05, 0) is 41.3 Å². The minimum absolute atomic E-state index is 0.207. The summed E-state index contributed by atoms with van der Waals surface area (Å²) in [5.41, 5.74) is 2.68. The number of piperidine rings is 1. The molecule has 1 aliphatic heterocycles. The molecule has 1 heterocycles. The Morgan fingerprint density at radius 1 is 1.00 bits per heavy atom. The Balaban J connectivity index is 1.84. The topological polar surface area (TPSA) is 93.0 Å². The van der Waals surface area contributed by atoms with Crippen molar-refractivity contribution in [2.24, 2.45) is 0 Å². The van der Waals surface area contributed by atoms with Crippen LogP contribution in [0.2, 0.25) is 5.02 Å². The zero-order chi connectivity index (χ0) is 17.3. The van der Waals surface area contributed by atoms with Gasteiger partial charge in [0.25, 0.3) is 0 Å². The van der Waals surface area contributed by atoms with Gasteiger partial charge >= 0.3 is 0 Å². The fourth-order valence-electron chi connectivity index (χ4n) is 2.99. The van der Waals surface area contributed by atoms with Crippen molar-refractivity contribution in [3.63, 3.8) is 0 Å². The highest BCUT2D eigenvalue weighted by atomic mass is 35.5. The first-order chi connectivity index (χ1) is 11.5. The van der Waals surface area contributed by atoms with Crippen LogP contribution in [0.25, 0.3) is 0 Å². The molecule has 5 nitrogen and oxygen atoms in total. The highest BCUT2D eigenvalue weighted by Gasteiger charge is 2.37. The van der Waals surface area contributed by atoms with Crippen LogP contribution in [0.15, 0.2) is 42.5 Å². The molecule has 5 N–H and O–H groups in total. The summed E-state index contributed by atoms with van der Waals surface area (Å²) in [6.45, 7) is 0.207. The van der Waals surface area contributed by atoms with Crippen molar-refractivity contribution >= 4 is 11.6 Å². The zero-order valence-electron chi connectivity index (χ0n) is 12.9. The molecule has 24 heavy (non-hydrogen) atoms. The average molecular weight is 350 g/mol. The summed E-state index contributed by atoms with van der Waals surface area (Å²) < 4.78 is 0. The van der Waals surface area contributed by atoms with Crippen molar-refractivity contribution in [3.05, 3.63) is 64.2 Å². The van der Waals surface area contributed by atoms with Crippen LogP contribution in [-0.2, 0) is 6.42 Å². The number of aromatic hydroxyl groups is 1. The van der Waals surface area contributed by atoms with Crippen LogP contribution >= 0.6 is 11.6 Å². The molecular weight excluding hydrogens is 330 g/mol. The normalized spacial score (nSPS) is 27.2. The quantitative estimate of drug-likeness (QED) is 0.577. The highest BCUT2D eigenvalue weighted by Crippen LogP contribution is 2.29. The summed E-state index contributed by atoms with van der Waals surface area (Å²) in [7, 11) is 0. The maximum atomic E-state index is 10.2. The number of β-amino-alcohol motifs (C(OH)–C–C–N with tert-alkyl or cyclic N) is 1. The first-order valence-corrected chi connectivity index (χ1v) is 8.17. The van der Waals surface area contributed by atoms with Gasteiger partial charge in [0, 0.05) is 11.6 Å². The molecule has 2 aromatic carbocycles. The van der Waals surface area contributed by atoms with Crippen LogP contribution in [0.5, 0.6) is 5.75 Å². The maximum Gasteiger partial charge on any atom is 0.115 e. The van der Waals surface area contributed by atoms with Crippen LogP contribution < -0.4 is 5.32 Å². The number of rotatable bonds is 3. The molecule has 0 radical (unpaired) electrons. The van der Waals surface area contributed by atoms with E-state index in [-0.39, 0.29) is 12.3 Å². The number of hydrogen-bond donors (Lipinski definition) is 5. The zero-order valence-corrected chi connectivity index (χ0v) is 13.7. The van der Waals surface area contributed by atoms with E-state index in [1.54, 1.807) is 24.3 Å². The van der Waals surface area contributed by atoms with Crippen LogP contribution in [0, 0.1) is 0 Å². The molecule has 3 rings (SSSR count). The molecule has 0 saturated carbocycles. The number of phenols is 1. The molecule has 2 aromatic rings. The van der Waals surface area contributed by atoms with Gasteiger partial charge < -0.3 is 25.7 Å². The van der Waals surface area contributed by atoms with Gasteiger partial charge in [0.2, 0.25) is 0 Å². The Hall–Kier alpha value is -1.63. The van der Waals surface area contributed by atoms with Crippen LogP contribution in [0.4, 0.5) is 0 Å². The summed E-state index contributed by atoms with van der Waals surface area (Å²) in [5, 5.41) is 42.7. The van der Waals surface area contributed by atoms with Crippen LogP contribution in [-0.4, -0.2) is 45.3 Å². The van der Waals surface area contributed by atoms with E-state index in [1.807, 2.05) is 18.2 Å². The van der Waals surface area contributed by atoms with E-state index in [0.717, 1.165) is 16.7 Å². The van der Waals surface area contributed by atoms with Gasteiger partial charge in [-0.25, -0.2) is 0 Å². The van der Waals surface area contributed by atoms with Crippen LogP contribution in [0.3, 0.4) is 0 Å². The van der Waals surface area contributed by atoms with Crippen molar-refractivity contribution in [2.75, 3.05) is 6.54 Å². The smallest absolute Gasteiger partial charge is 0.115 e. The molecule has 0 amide bonds. The number of phenolic OH excluding ortho intramolecular Hbond substituents is 1. The third-order valence-corrected chi connectivity index (χ3v) is 4.76. The fourth-order valence-corrected chi connectivity index (χ4v) is 3.17. The van der Waals surface area contributed by atoms with E-state index in [0.29, 0.717) is 11.4 Å². The Bertz CT molecular complexity index is 707. The van der Waals surface area contributed by atoms with Gasteiger partial charge in [0.1, 0.15) is 18.0 Å². The average Bonchev–Trinajstić information content (AvgIpc) is 2.57. The van der Waals surface area contributed by atoms with Gasteiger partial charge in [0.05, 0.1) is 12.1 Å². The highest BCUT2D eigenvalue weighted by molar-refractivity contribution is 6.31. The van der Waals surface area contributed by atoms with E-state index >= 15 is 0 Å². The number of benzene rings is 2. The molecule has 0 aliphatic carbocycles. The number of aliphatic hydroxyl groups is 3. The Kier molecular flexibility index (Phi) is 5.08. The molecule has 1 aliphatic rings. The van der Waals surface area contributed by atoms with Gasteiger partial charge in [-0.1, -0.05) is 35.9 Å². The van der Waals surface area contributed by atoms with Gasteiger partial charge in [-0.2, -0.15) is 0 Å².